The minimum atomic E-state index is -0.221. The molecule has 168 valence electrons. The molecule has 0 aliphatic carbocycles. The van der Waals surface area contributed by atoms with Gasteiger partial charge in [-0.05, 0) is 71.1 Å². The lowest BCUT2D eigenvalue weighted by atomic mass is 9.92. The van der Waals surface area contributed by atoms with E-state index in [0.717, 1.165) is 39.1 Å². The number of ether oxygens (including phenoxy) is 1. The first-order valence-electron chi connectivity index (χ1n) is 11.4. The molecule has 3 heteroatoms. The van der Waals surface area contributed by atoms with E-state index in [-0.39, 0.29) is 11.9 Å². The molecule has 1 atom stereocenters. The fraction of sp³-hybridized carbons (Fsp3) is 0.161. The van der Waals surface area contributed by atoms with Gasteiger partial charge in [0.2, 0.25) is 0 Å². The maximum atomic E-state index is 14.4. The van der Waals surface area contributed by atoms with Crippen LogP contribution in [0.25, 0.3) is 11.1 Å². The number of hydrogen-bond acceptors (Lipinski definition) is 2. The van der Waals surface area contributed by atoms with Crippen molar-refractivity contribution in [1.82, 2.24) is 4.90 Å². The second-order valence-electron chi connectivity index (χ2n) is 8.68. The Labute approximate surface area is 200 Å². The molecule has 4 aromatic carbocycles. The van der Waals surface area contributed by atoms with Crippen LogP contribution >= 0.6 is 0 Å². The summed E-state index contributed by atoms with van der Waals surface area (Å²) in [6.07, 6.45) is 0. The first-order chi connectivity index (χ1) is 16.6. The SMILES string of the molecule is COc1ccc(CN2Cc3ccc(F)cc3-c3cc(C)ccc3C2C#Cc2ccccc2)cc1. The van der Waals surface area contributed by atoms with Gasteiger partial charge in [0, 0.05) is 18.7 Å². The Morgan fingerprint density at radius 2 is 1.71 bits per heavy atom. The number of halogens is 1. The molecular formula is C31H26FNO. The van der Waals surface area contributed by atoms with Gasteiger partial charge in [-0.3, -0.25) is 4.90 Å². The molecule has 0 aromatic heterocycles. The molecule has 0 fully saturated rings. The normalized spacial score (nSPS) is 14.9. The van der Waals surface area contributed by atoms with Crippen molar-refractivity contribution < 1.29 is 9.13 Å². The number of methoxy groups -OCH3 is 1. The van der Waals surface area contributed by atoms with Gasteiger partial charge in [0.05, 0.1) is 13.2 Å². The van der Waals surface area contributed by atoms with E-state index in [0.29, 0.717) is 13.1 Å². The first kappa shape index (κ1) is 21.9. The van der Waals surface area contributed by atoms with Crippen molar-refractivity contribution in [2.75, 3.05) is 7.11 Å². The molecule has 1 aliphatic heterocycles. The Hall–Kier alpha value is -3.87. The van der Waals surface area contributed by atoms with Crippen LogP contribution in [0, 0.1) is 24.6 Å². The van der Waals surface area contributed by atoms with Crippen LogP contribution in [-0.2, 0) is 13.1 Å². The second-order valence-corrected chi connectivity index (χ2v) is 8.68. The molecule has 0 amide bonds. The van der Waals surface area contributed by atoms with Crippen LogP contribution in [0.1, 0.15) is 33.9 Å². The Kier molecular flexibility index (Phi) is 6.16. The summed E-state index contributed by atoms with van der Waals surface area (Å²) in [6.45, 7) is 3.45. The molecule has 1 aliphatic rings. The van der Waals surface area contributed by atoms with Crippen LogP contribution in [0.3, 0.4) is 0 Å². The summed E-state index contributed by atoms with van der Waals surface area (Å²) in [5.74, 6) is 7.55. The van der Waals surface area contributed by atoms with Gasteiger partial charge in [-0.25, -0.2) is 4.39 Å². The molecule has 1 unspecified atom stereocenters. The van der Waals surface area contributed by atoms with E-state index in [1.54, 1.807) is 19.2 Å². The summed E-state index contributed by atoms with van der Waals surface area (Å²) in [7, 11) is 1.67. The zero-order chi connectivity index (χ0) is 23.5. The fourth-order valence-electron chi connectivity index (χ4n) is 4.54. The van der Waals surface area contributed by atoms with E-state index in [4.69, 9.17) is 4.74 Å². The van der Waals surface area contributed by atoms with Crippen LogP contribution in [0.2, 0.25) is 0 Å². The lowest BCUT2D eigenvalue weighted by molar-refractivity contribution is 0.222. The Morgan fingerprint density at radius 3 is 2.47 bits per heavy atom. The number of hydrogen-bond donors (Lipinski definition) is 0. The fourth-order valence-corrected chi connectivity index (χ4v) is 4.54. The molecule has 1 heterocycles. The van der Waals surface area contributed by atoms with Gasteiger partial charge >= 0.3 is 0 Å². The summed E-state index contributed by atoms with van der Waals surface area (Å²) in [6, 6.07) is 29.6. The van der Waals surface area contributed by atoms with Crippen molar-refractivity contribution >= 4 is 0 Å². The largest absolute Gasteiger partial charge is 0.497 e. The summed E-state index contributed by atoms with van der Waals surface area (Å²) in [5.41, 5.74) is 7.51. The lowest BCUT2D eigenvalue weighted by Gasteiger charge is -2.28. The van der Waals surface area contributed by atoms with Crippen molar-refractivity contribution in [2.24, 2.45) is 0 Å². The highest BCUT2D eigenvalue weighted by molar-refractivity contribution is 5.73. The Morgan fingerprint density at radius 1 is 0.912 bits per heavy atom. The van der Waals surface area contributed by atoms with E-state index in [1.807, 2.05) is 48.5 Å². The molecule has 0 bridgehead atoms. The molecule has 0 saturated carbocycles. The predicted octanol–water partition coefficient (Wildman–Crippen LogP) is 6.92. The number of fused-ring (bicyclic) bond motifs is 3. The second kappa shape index (κ2) is 9.55. The maximum Gasteiger partial charge on any atom is 0.123 e. The molecule has 0 saturated heterocycles. The number of aryl methyl sites for hydroxylation is 1. The highest BCUT2D eigenvalue weighted by atomic mass is 19.1. The third-order valence-electron chi connectivity index (χ3n) is 6.28. The van der Waals surface area contributed by atoms with Gasteiger partial charge in [0.1, 0.15) is 11.6 Å². The monoisotopic (exact) mass is 447 g/mol. The highest BCUT2D eigenvalue weighted by Crippen LogP contribution is 2.40. The third kappa shape index (κ3) is 4.59. The summed E-state index contributed by atoms with van der Waals surface area (Å²) >= 11 is 0. The zero-order valence-electron chi connectivity index (χ0n) is 19.4. The smallest absolute Gasteiger partial charge is 0.123 e. The quantitative estimate of drug-likeness (QED) is 0.316. The van der Waals surface area contributed by atoms with Crippen LogP contribution in [0.15, 0.2) is 91.0 Å². The van der Waals surface area contributed by atoms with E-state index >= 15 is 0 Å². The van der Waals surface area contributed by atoms with E-state index < -0.39 is 0 Å². The number of nitrogens with zero attached hydrogens (tertiary/aromatic N) is 1. The minimum Gasteiger partial charge on any atom is -0.497 e. The number of benzene rings is 4. The van der Waals surface area contributed by atoms with Crippen molar-refractivity contribution in [3.05, 3.63) is 125 Å². The van der Waals surface area contributed by atoms with Crippen LogP contribution < -0.4 is 4.74 Å². The molecule has 34 heavy (non-hydrogen) atoms. The first-order valence-corrected chi connectivity index (χ1v) is 11.4. The third-order valence-corrected chi connectivity index (χ3v) is 6.28. The molecule has 4 aromatic rings. The minimum absolute atomic E-state index is 0.145. The molecule has 5 rings (SSSR count). The molecule has 2 nitrogen and oxygen atoms in total. The van der Waals surface area contributed by atoms with Crippen molar-refractivity contribution in [1.29, 1.82) is 0 Å². The average molecular weight is 448 g/mol. The maximum absolute atomic E-state index is 14.4. The topological polar surface area (TPSA) is 12.5 Å². The van der Waals surface area contributed by atoms with Gasteiger partial charge in [-0.2, -0.15) is 0 Å². The summed E-state index contributed by atoms with van der Waals surface area (Å²) in [5, 5.41) is 0. The van der Waals surface area contributed by atoms with Crippen molar-refractivity contribution in [3.63, 3.8) is 0 Å². The van der Waals surface area contributed by atoms with Crippen LogP contribution in [-0.4, -0.2) is 12.0 Å². The Bertz CT molecular complexity index is 1370. The predicted molar refractivity (Wildman–Crippen MR) is 135 cm³/mol. The van der Waals surface area contributed by atoms with Gasteiger partial charge in [0.15, 0.2) is 0 Å². The molecular weight excluding hydrogens is 421 g/mol. The lowest BCUT2D eigenvalue weighted by Crippen LogP contribution is -2.26. The van der Waals surface area contributed by atoms with Gasteiger partial charge in [0.25, 0.3) is 0 Å². The molecule has 0 N–H and O–H groups in total. The average Bonchev–Trinajstić information content (AvgIpc) is 2.98. The van der Waals surface area contributed by atoms with E-state index in [9.17, 15) is 4.39 Å². The zero-order valence-corrected chi connectivity index (χ0v) is 19.4. The van der Waals surface area contributed by atoms with Crippen LogP contribution in [0.5, 0.6) is 5.75 Å². The van der Waals surface area contributed by atoms with Gasteiger partial charge in [-0.1, -0.05) is 72.0 Å². The summed E-state index contributed by atoms with van der Waals surface area (Å²) in [4.78, 5) is 2.37. The van der Waals surface area contributed by atoms with Crippen LogP contribution in [0.4, 0.5) is 4.39 Å². The van der Waals surface area contributed by atoms with Crippen molar-refractivity contribution in [3.8, 4) is 28.7 Å². The van der Waals surface area contributed by atoms with Gasteiger partial charge in [-0.15, -0.1) is 0 Å². The highest BCUT2D eigenvalue weighted by Gasteiger charge is 2.28. The summed E-state index contributed by atoms with van der Waals surface area (Å²) < 4.78 is 19.7. The van der Waals surface area contributed by atoms with E-state index in [1.165, 1.54) is 5.56 Å². The van der Waals surface area contributed by atoms with Gasteiger partial charge < -0.3 is 4.74 Å². The molecule has 0 spiro atoms. The Balaban J connectivity index is 1.65. The molecule has 0 radical (unpaired) electrons. The van der Waals surface area contributed by atoms with E-state index in [2.05, 4.69) is 54.0 Å². The number of rotatable bonds is 3. The standard InChI is InChI=1S/C31H26FNO/c1-22-8-16-28-30(18-22)29-19-26(32)13-12-25(29)21-33(20-24-9-14-27(34-2)15-10-24)31(28)17-11-23-6-4-3-5-7-23/h3-10,12-16,18-19,31H,20-21H2,1-2H3. The van der Waals surface area contributed by atoms with Crippen molar-refractivity contribution in [2.45, 2.75) is 26.1 Å².